The molecule has 0 fully saturated rings. The van der Waals surface area contributed by atoms with Crippen molar-refractivity contribution in [3.63, 3.8) is 0 Å². The Morgan fingerprint density at radius 1 is 1.33 bits per heavy atom. The van der Waals surface area contributed by atoms with E-state index in [0.717, 1.165) is 0 Å². The molecule has 0 radical (unpaired) electrons. The molecular formula is H5O4PZn+4. The molecule has 0 aromatic heterocycles. The molecule has 0 aromatic rings. The Hall–Kier alpha value is 0.733. The maximum Gasteiger partial charge on any atom is 2.00 e. The summed E-state index contributed by atoms with van der Waals surface area (Å²) in [7, 11) is -4.64. The van der Waals surface area contributed by atoms with E-state index in [1.165, 1.54) is 0 Å². The first kappa shape index (κ1) is 9.88. The number of hydrogen-bond acceptors (Lipinski definition) is 1. The van der Waals surface area contributed by atoms with Gasteiger partial charge in [-0.2, -0.15) is 0 Å². The van der Waals surface area contributed by atoms with Crippen LogP contribution < -0.4 is 0 Å². The summed E-state index contributed by atoms with van der Waals surface area (Å²) in [6, 6.07) is 0. The Balaban J connectivity index is -0.0000000267. The zero-order valence-electron chi connectivity index (χ0n) is 4.90. The van der Waals surface area contributed by atoms with Gasteiger partial charge in [0.25, 0.3) is 0 Å². The van der Waals surface area contributed by atoms with E-state index < -0.39 is 7.82 Å². The topological polar surface area (TPSA) is 77.8 Å². The monoisotopic (exact) mass is 164 g/mol. The van der Waals surface area contributed by atoms with Crippen LogP contribution in [-0.2, 0) is 24.0 Å². The van der Waals surface area contributed by atoms with E-state index in [1.807, 2.05) is 0 Å². The molecule has 0 saturated carbocycles. The standard InChI is InChI=1S/H3O4P.Zn/c1-5(2,3)4;/h(H3,1,2,3,4);/q;+2/p+2. The van der Waals surface area contributed by atoms with Crippen molar-refractivity contribution in [2.45, 2.75) is 0 Å². The average molecular weight is 165 g/mol. The van der Waals surface area contributed by atoms with E-state index in [0.29, 0.717) is 0 Å². The molecule has 4 nitrogen and oxygen atoms in total. The Labute approximate surface area is 50.2 Å². The second-order valence-corrected chi connectivity index (χ2v) is 1.54. The number of rotatable bonds is 0. The molecule has 0 unspecified atom stereocenters. The normalized spacial score (nSPS) is 9.83. The molecule has 0 atom stereocenters. The van der Waals surface area contributed by atoms with Crippen molar-refractivity contribution in [3.05, 3.63) is 0 Å². The molecule has 0 heterocycles. The molecule has 0 aliphatic carbocycles. The quantitative estimate of drug-likeness (QED) is 0.327. The molecule has 0 aliphatic heterocycles. The molecule has 32 valence electrons. The van der Waals surface area contributed by atoms with E-state index in [1.54, 1.807) is 0 Å². The molecule has 6 heavy (non-hydrogen) atoms. The van der Waals surface area contributed by atoms with Crippen LogP contribution in [0.3, 0.4) is 0 Å². The van der Waals surface area contributed by atoms with E-state index in [4.69, 9.17) is 19.2 Å². The van der Waals surface area contributed by atoms with Crippen LogP contribution in [0, 0.1) is 0 Å². The SMILES string of the molecule is O=P(O)(O)O.[H+].[H+].[Zn+2]. The maximum absolute atomic E-state index is 8.88. The average Bonchev–Trinajstić information content (AvgIpc) is 0.722. The van der Waals surface area contributed by atoms with Crippen molar-refractivity contribution < 1.29 is 41.6 Å². The predicted octanol–water partition coefficient (Wildman–Crippen LogP) is -0.706. The molecule has 0 bridgehead atoms. The van der Waals surface area contributed by atoms with Crippen molar-refractivity contribution in [1.29, 1.82) is 0 Å². The van der Waals surface area contributed by atoms with Gasteiger partial charge in [0.15, 0.2) is 0 Å². The number of phosphoric acid groups is 1. The predicted molar refractivity (Wildman–Crippen MR) is 16.5 cm³/mol. The van der Waals surface area contributed by atoms with Crippen molar-refractivity contribution >= 4 is 7.82 Å². The summed E-state index contributed by atoms with van der Waals surface area (Å²) in [5.41, 5.74) is 0. The summed E-state index contributed by atoms with van der Waals surface area (Å²) in [5.74, 6) is 0. The number of hydrogen-bond donors (Lipinski definition) is 3. The molecule has 0 aliphatic rings. The molecular weight excluding hydrogens is 160 g/mol. The second-order valence-electron chi connectivity index (χ2n) is 0.513. The van der Waals surface area contributed by atoms with Crippen LogP contribution in [-0.4, -0.2) is 14.7 Å². The van der Waals surface area contributed by atoms with Crippen molar-refractivity contribution in [2.24, 2.45) is 0 Å². The van der Waals surface area contributed by atoms with E-state index in [9.17, 15) is 0 Å². The Morgan fingerprint density at radius 3 is 1.33 bits per heavy atom. The minimum atomic E-state index is -4.64. The molecule has 0 rings (SSSR count). The van der Waals surface area contributed by atoms with Crippen LogP contribution in [0.4, 0.5) is 0 Å². The first-order chi connectivity index (χ1) is 2.00. The zero-order valence-corrected chi connectivity index (χ0v) is 6.77. The fourth-order valence-electron chi connectivity index (χ4n) is 0. The first-order valence-electron chi connectivity index (χ1n) is 0.783. The van der Waals surface area contributed by atoms with E-state index in [-0.39, 0.29) is 22.3 Å². The van der Waals surface area contributed by atoms with Crippen LogP contribution in [0.2, 0.25) is 0 Å². The Bertz CT molecular complexity index is 60.2. The zero-order chi connectivity index (χ0) is 4.50. The third-order valence-corrected chi connectivity index (χ3v) is 0. The summed E-state index contributed by atoms with van der Waals surface area (Å²) in [5, 5.41) is 0. The van der Waals surface area contributed by atoms with Gasteiger partial charge >= 0.3 is 30.2 Å². The largest absolute Gasteiger partial charge is 2.00 e. The van der Waals surface area contributed by atoms with Gasteiger partial charge in [0.2, 0.25) is 0 Å². The van der Waals surface area contributed by atoms with Crippen LogP contribution in [0.15, 0.2) is 0 Å². The summed E-state index contributed by atoms with van der Waals surface area (Å²) in [4.78, 5) is 21.6. The third kappa shape index (κ3) is 123. The van der Waals surface area contributed by atoms with Crippen molar-refractivity contribution in [1.82, 2.24) is 0 Å². The minimum Gasteiger partial charge on any atom is -0.303 e. The van der Waals surface area contributed by atoms with Crippen LogP contribution >= 0.6 is 7.82 Å². The van der Waals surface area contributed by atoms with Crippen LogP contribution in [0.1, 0.15) is 2.85 Å². The first-order valence-corrected chi connectivity index (χ1v) is 2.35. The minimum absolute atomic E-state index is 0. The van der Waals surface area contributed by atoms with Gasteiger partial charge in [-0.15, -0.1) is 0 Å². The molecule has 0 aromatic carbocycles. The van der Waals surface area contributed by atoms with Gasteiger partial charge in [-0.05, 0) is 0 Å². The molecule has 6 heteroatoms. The molecule has 0 spiro atoms. The van der Waals surface area contributed by atoms with Crippen molar-refractivity contribution in [3.8, 4) is 0 Å². The smallest absolute Gasteiger partial charge is 0.303 e. The van der Waals surface area contributed by atoms with Gasteiger partial charge in [0.1, 0.15) is 0 Å². The fraction of sp³-hybridized carbons (Fsp3) is 0. The van der Waals surface area contributed by atoms with Crippen molar-refractivity contribution in [2.75, 3.05) is 0 Å². The Kier molecular flexibility index (Phi) is 4.66. The second kappa shape index (κ2) is 2.83. The van der Waals surface area contributed by atoms with E-state index >= 15 is 0 Å². The molecule has 3 N–H and O–H groups in total. The fourth-order valence-corrected chi connectivity index (χ4v) is 0. The summed E-state index contributed by atoms with van der Waals surface area (Å²) in [6.45, 7) is 0. The van der Waals surface area contributed by atoms with Crippen LogP contribution in [0.5, 0.6) is 0 Å². The summed E-state index contributed by atoms with van der Waals surface area (Å²) < 4.78 is 8.88. The maximum atomic E-state index is 8.88. The van der Waals surface area contributed by atoms with Crippen LogP contribution in [0.25, 0.3) is 0 Å². The van der Waals surface area contributed by atoms with Gasteiger partial charge < -0.3 is 14.7 Å². The summed E-state index contributed by atoms with van der Waals surface area (Å²) in [6.07, 6.45) is 0. The van der Waals surface area contributed by atoms with Gasteiger partial charge in [0, 0.05) is 0 Å². The van der Waals surface area contributed by atoms with Gasteiger partial charge in [0.05, 0.1) is 0 Å². The molecule has 0 amide bonds. The van der Waals surface area contributed by atoms with Gasteiger partial charge in [-0.25, -0.2) is 4.57 Å². The summed E-state index contributed by atoms with van der Waals surface area (Å²) >= 11 is 0. The molecule has 0 saturated heterocycles. The third-order valence-electron chi connectivity index (χ3n) is 0. The van der Waals surface area contributed by atoms with E-state index in [2.05, 4.69) is 0 Å². The van der Waals surface area contributed by atoms with Gasteiger partial charge in [-0.3, -0.25) is 0 Å². The van der Waals surface area contributed by atoms with Gasteiger partial charge in [-0.1, -0.05) is 0 Å². The Morgan fingerprint density at radius 2 is 1.33 bits per heavy atom.